The third kappa shape index (κ3) is 4.47. The molecule has 0 fully saturated rings. The number of aryl methyl sites for hydroxylation is 1. The molecule has 2 amide bonds. The van der Waals surface area contributed by atoms with Gasteiger partial charge in [0.05, 0.1) is 0 Å². The van der Waals surface area contributed by atoms with Gasteiger partial charge in [0.1, 0.15) is 11.8 Å². The molecule has 0 saturated heterocycles. The van der Waals surface area contributed by atoms with Crippen molar-refractivity contribution in [2.75, 3.05) is 17.6 Å². The number of carbonyl (C=O) groups is 3. The first kappa shape index (κ1) is 23.3. The predicted octanol–water partition coefficient (Wildman–Crippen LogP) is 3.84. The van der Waals surface area contributed by atoms with Crippen LogP contribution in [0.15, 0.2) is 24.3 Å². The Morgan fingerprint density at radius 1 is 1.12 bits per heavy atom. The van der Waals surface area contributed by atoms with Crippen molar-refractivity contribution in [3.8, 4) is 5.75 Å². The summed E-state index contributed by atoms with van der Waals surface area (Å²) in [4.78, 5) is 39.6. The lowest BCUT2D eigenvalue weighted by atomic mass is 9.90. The van der Waals surface area contributed by atoms with E-state index in [1.807, 2.05) is 46.8 Å². The molecule has 3 N–H and O–H groups in total. The molecule has 1 aliphatic rings. The maximum atomic E-state index is 13.6. The summed E-state index contributed by atoms with van der Waals surface area (Å²) in [5, 5.41) is 3.01. The second-order valence-electron chi connectivity index (χ2n) is 8.70. The second-order valence-corrected chi connectivity index (χ2v) is 8.70. The number of anilines is 2. The molecule has 1 aliphatic heterocycles. The normalized spacial score (nSPS) is 15.3. The Morgan fingerprint density at radius 2 is 1.81 bits per heavy atom. The molecule has 2 aromatic carbocycles. The number of hydrogen-bond donors (Lipinski definition) is 2. The van der Waals surface area contributed by atoms with Crippen LogP contribution in [-0.2, 0) is 20.8 Å². The largest absolute Gasteiger partial charge is 0.426 e. The van der Waals surface area contributed by atoms with E-state index in [1.54, 1.807) is 17.0 Å². The highest BCUT2D eigenvalue weighted by Gasteiger charge is 2.37. The number of nitrogen functional groups attached to an aromatic ring is 1. The average molecular weight is 438 g/mol. The SMILES string of the molecule is CC(=O)Oc1c(C)cc(NC(=O)C2c3cc(N)ccc3CCN2C(=O)C(C)C)c(C)c1C. The fourth-order valence-electron chi connectivity index (χ4n) is 4.18. The number of nitrogens with zero attached hydrogens (tertiary/aromatic N) is 1. The lowest BCUT2D eigenvalue weighted by Crippen LogP contribution is -2.47. The van der Waals surface area contributed by atoms with Crippen molar-refractivity contribution in [1.29, 1.82) is 0 Å². The predicted molar refractivity (Wildman–Crippen MR) is 124 cm³/mol. The van der Waals surface area contributed by atoms with E-state index < -0.39 is 12.0 Å². The van der Waals surface area contributed by atoms with Crippen LogP contribution in [0.2, 0.25) is 0 Å². The van der Waals surface area contributed by atoms with Gasteiger partial charge in [-0.15, -0.1) is 0 Å². The number of rotatable bonds is 4. The zero-order valence-electron chi connectivity index (χ0n) is 19.5. The first-order chi connectivity index (χ1) is 15.0. The number of esters is 1. The highest BCUT2D eigenvalue weighted by atomic mass is 16.5. The molecular weight excluding hydrogens is 406 g/mol. The van der Waals surface area contributed by atoms with E-state index in [0.29, 0.717) is 30.1 Å². The Hall–Kier alpha value is -3.35. The van der Waals surface area contributed by atoms with Gasteiger partial charge in [0.25, 0.3) is 5.91 Å². The molecule has 32 heavy (non-hydrogen) atoms. The number of hydrogen-bond acceptors (Lipinski definition) is 5. The summed E-state index contributed by atoms with van der Waals surface area (Å²) < 4.78 is 5.35. The second kappa shape index (κ2) is 9.02. The summed E-state index contributed by atoms with van der Waals surface area (Å²) in [7, 11) is 0. The summed E-state index contributed by atoms with van der Waals surface area (Å²) in [6.07, 6.45) is 0.673. The van der Waals surface area contributed by atoms with Crippen LogP contribution in [-0.4, -0.2) is 29.2 Å². The van der Waals surface area contributed by atoms with Gasteiger partial charge in [0.15, 0.2) is 0 Å². The van der Waals surface area contributed by atoms with Gasteiger partial charge >= 0.3 is 5.97 Å². The lowest BCUT2D eigenvalue weighted by molar-refractivity contribution is -0.142. The Balaban J connectivity index is 2.02. The molecule has 170 valence electrons. The van der Waals surface area contributed by atoms with Crippen molar-refractivity contribution in [3.63, 3.8) is 0 Å². The number of fused-ring (bicyclic) bond motifs is 1. The standard InChI is InChI=1S/C25H31N3O4/c1-13(2)25(31)28-10-9-18-7-8-19(26)12-20(18)22(28)24(30)27-21-11-14(3)23(32-17(6)29)16(5)15(21)4/h7-8,11-13,22H,9-10,26H2,1-6H3,(H,27,30). The molecule has 0 spiro atoms. The number of ether oxygens (including phenoxy) is 1. The van der Waals surface area contributed by atoms with Crippen LogP contribution >= 0.6 is 0 Å². The molecule has 0 bridgehead atoms. The summed E-state index contributed by atoms with van der Waals surface area (Å²) in [6, 6.07) is 6.54. The van der Waals surface area contributed by atoms with Gasteiger partial charge in [-0.05, 0) is 73.2 Å². The van der Waals surface area contributed by atoms with E-state index >= 15 is 0 Å². The summed E-state index contributed by atoms with van der Waals surface area (Å²) >= 11 is 0. The quantitative estimate of drug-likeness (QED) is 0.430. The van der Waals surface area contributed by atoms with Crippen LogP contribution < -0.4 is 15.8 Å². The number of carbonyl (C=O) groups excluding carboxylic acids is 3. The molecule has 0 radical (unpaired) electrons. The minimum atomic E-state index is -0.773. The van der Waals surface area contributed by atoms with E-state index in [9.17, 15) is 14.4 Å². The van der Waals surface area contributed by atoms with Crippen molar-refractivity contribution < 1.29 is 19.1 Å². The van der Waals surface area contributed by atoms with E-state index in [2.05, 4.69) is 5.32 Å². The molecule has 3 rings (SSSR count). The number of amides is 2. The van der Waals surface area contributed by atoms with Crippen molar-refractivity contribution in [3.05, 3.63) is 52.1 Å². The van der Waals surface area contributed by atoms with Crippen LogP contribution in [0.4, 0.5) is 11.4 Å². The van der Waals surface area contributed by atoms with Crippen molar-refractivity contribution in [1.82, 2.24) is 4.90 Å². The molecule has 7 heteroatoms. The molecule has 0 aromatic heterocycles. The molecule has 0 aliphatic carbocycles. The van der Waals surface area contributed by atoms with Gasteiger partial charge in [-0.1, -0.05) is 19.9 Å². The lowest BCUT2D eigenvalue weighted by Gasteiger charge is -2.37. The molecule has 1 heterocycles. The Kier molecular flexibility index (Phi) is 6.57. The van der Waals surface area contributed by atoms with Crippen LogP contribution in [0.5, 0.6) is 5.75 Å². The highest BCUT2D eigenvalue weighted by Crippen LogP contribution is 2.36. The number of benzene rings is 2. The third-order valence-corrected chi connectivity index (χ3v) is 5.95. The van der Waals surface area contributed by atoms with Gasteiger partial charge in [-0.2, -0.15) is 0 Å². The molecule has 1 unspecified atom stereocenters. The summed E-state index contributed by atoms with van der Waals surface area (Å²) in [6.45, 7) is 11.0. The zero-order chi connectivity index (χ0) is 23.7. The van der Waals surface area contributed by atoms with Crippen LogP contribution in [0.1, 0.15) is 54.6 Å². The van der Waals surface area contributed by atoms with Crippen molar-refractivity contribution in [2.45, 2.75) is 54.0 Å². The van der Waals surface area contributed by atoms with Gasteiger partial charge < -0.3 is 20.7 Å². The number of nitrogens with two attached hydrogens (primary N) is 1. The van der Waals surface area contributed by atoms with Crippen LogP contribution in [0.25, 0.3) is 0 Å². The Labute approximate surface area is 188 Å². The van der Waals surface area contributed by atoms with Gasteiger partial charge in [-0.3, -0.25) is 14.4 Å². The first-order valence-corrected chi connectivity index (χ1v) is 10.8. The van der Waals surface area contributed by atoms with E-state index in [0.717, 1.165) is 27.8 Å². The third-order valence-electron chi connectivity index (χ3n) is 5.95. The highest BCUT2D eigenvalue weighted by molar-refractivity contribution is 5.99. The van der Waals surface area contributed by atoms with Crippen LogP contribution in [0.3, 0.4) is 0 Å². The maximum absolute atomic E-state index is 13.6. The molecule has 1 atom stereocenters. The topological polar surface area (TPSA) is 102 Å². The van der Waals surface area contributed by atoms with Crippen molar-refractivity contribution in [2.24, 2.45) is 5.92 Å². The fourth-order valence-corrected chi connectivity index (χ4v) is 4.18. The van der Waals surface area contributed by atoms with Gasteiger partial charge in [0, 0.05) is 30.8 Å². The van der Waals surface area contributed by atoms with Gasteiger partial charge in [0.2, 0.25) is 5.91 Å². The summed E-state index contributed by atoms with van der Waals surface area (Å²) in [5.41, 5.74) is 11.3. The van der Waals surface area contributed by atoms with E-state index in [1.165, 1.54) is 6.92 Å². The monoisotopic (exact) mass is 437 g/mol. The smallest absolute Gasteiger partial charge is 0.308 e. The molecule has 2 aromatic rings. The van der Waals surface area contributed by atoms with E-state index in [4.69, 9.17) is 10.5 Å². The van der Waals surface area contributed by atoms with Crippen LogP contribution in [0, 0.1) is 26.7 Å². The maximum Gasteiger partial charge on any atom is 0.308 e. The van der Waals surface area contributed by atoms with E-state index in [-0.39, 0.29) is 17.7 Å². The minimum absolute atomic E-state index is 0.0764. The fraction of sp³-hybridized carbons (Fsp3) is 0.400. The molecule has 0 saturated carbocycles. The minimum Gasteiger partial charge on any atom is -0.426 e. The zero-order valence-corrected chi connectivity index (χ0v) is 19.5. The number of nitrogens with one attached hydrogen (secondary N) is 1. The Bertz CT molecular complexity index is 1090. The summed E-state index contributed by atoms with van der Waals surface area (Å²) in [5.74, 6) is -0.505. The molecular formula is C25H31N3O4. The average Bonchev–Trinajstić information content (AvgIpc) is 2.73. The Morgan fingerprint density at radius 3 is 2.44 bits per heavy atom. The first-order valence-electron chi connectivity index (χ1n) is 10.8. The van der Waals surface area contributed by atoms with Gasteiger partial charge in [-0.25, -0.2) is 0 Å². The van der Waals surface area contributed by atoms with Crippen molar-refractivity contribution >= 4 is 29.2 Å². The molecule has 7 nitrogen and oxygen atoms in total.